The highest BCUT2D eigenvalue weighted by Crippen LogP contribution is 2.16. The van der Waals surface area contributed by atoms with Crippen molar-refractivity contribution in [2.24, 2.45) is 5.92 Å². The van der Waals surface area contributed by atoms with Crippen LogP contribution in [0, 0.1) is 5.92 Å². The van der Waals surface area contributed by atoms with E-state index in [1.54, 1.807) is 0 Å². The minimum atomic E-state index is 0.283. The van der Waals surface area contributed by atoms with Crippen LogP contribution in [0.15, 0.2) is 0 Å². The van der Waals surface area contributed by atoms with Gasteiger partial charge in [0.25, 0.3) is 0 Å². The number of carbonyl (C=O) groups is 1. The highest BCUT2D eigenvalue weighted by atomic mass is 16.2. The number of likely N-dealkylation sites (tertiary alicyclic amines) is 1. The van der Waals surface area contributed by atoms with E-state index in [9.17, 15) is 4.79 Å². The van der Waals surface area contributed by atoms with Gasteiger partial charge in [0.2, 0.25) is 5.91 Å². The Morgan fingerprint density at radius 1 is 1.20 bits per heavy atom. The number of hydrogen-bond acceptors (Lipinski definition) is 4. The first-order chi connectivity index (χ1) is 9.65. The highest BCUT2D eigenvalue weighted by Gasteiger charge is 2.21. The van der Waals surface area contributed by atoms with E-state index in [4.69, 9.17) is 0 Å². The van der Waals surface area contributed by atoms with E-state index < -0.39 is 0 Å². The lowest BCUT2D eigenvalue weighted by atomic mass is 9.97. The summed E-state index contributed by atoms with van der Waals surface area (Å²) in [5.41, 5.74) is 0. The average molecular weight is 282 g/mol. The van der Waals surface area contributed by atoms with Crippen molar-refractivity contribution in [3.63, 3.8) is 0 Å². The first kappa shape index (κ1) is 15.7. The van der Waals surface area contributed by atoms with Crippen molar-refractivity contribution < 1.29 is 4.79 Å². The number of hydrogen-bond donors (Lipinski definition) is 1. The molecule has 0 unspecified atom stereocenters. The summed E-state index contributed by atoms with van der Waals surface area (Å²) in [5.74, 6) is 0.969. The van der Waals surface area contributed by atoms with E-state index in [0.29, 0.717) is 12.5 Å². The SMILES string of the molecule is CN1CCC(CN(C)C(=O)CN2CCCNCC2)CC1. The summed E-state index contributed by atoms with van der Waals surface area (Å²) in [7, 11) is 4.15. The number of nitrogens with one attached hydrogen (secondary N) is 1. The van der Waals surface area contributed by atoms with Gasteiger partial charge in [-0.05, 0) is 58.4 Å². The van der Waals surface area contributed by atoms with E-state index in [0.717, 1.165) is 39.1 Å². The molecule has 0 radical (unpaired) electrons. The molecule has 0 atom stereocenters. The van der Waals surface area contributed by atoms with E-state index in [1.807, 2.05) is 11.9 Å². The molecule has 2 heterocycles. The van der Waals surface area contributed by atoms with Crippen LogP contribution in [0.4, 0.5) is 0 Å². The zero-order valence-corrected chi connectivity index (χ0v) is 13.1. The van der Waals surface area contributed by atoms with E-state index >= 15 is 0 Å². The summed E-state index contributed by atoms with van der Waals surface area (Å²) in [4.78, 5) is 18.9. The predicted octanol–water partition coefficient (Wildman–Crippen LogP) is 0.0819. The molecule has 2 aliphatic rings. The van der Waals surface area contributed by atoms with Gasteiger partial charge in [-0.3, -0.25) is 9.69 Å². The second-order valence-electron chi connectivity index (χ2n) is 6.40. The maximum atomic E-state index is 12.3. The van der Waals surface area contributed by atoms with Gasteiger partial charge in [0.1, 0.15) is 0 Å². The van der Waals surface area contributed by atoms with Crippen LogP contribution in [0.25, 0.3) is 0 Å². The topological polar surface area (TPSA) is 38.8 Å². The molecule has 0 bridgehead atoms. The molecule has 2 saturated heterocycles. The zero-order valence-electron chi connectivity index (χ0n) is 13.1. The van der Waals surface area contributed by atoms with Gasteiger partial charge >= 0.3 is 0 Å². The Morgan fingerprint density at radius 3 is 2.70 bits per heavy atom. The van der Waals surface area contributed by atoms with E-state index in [1.165, 1.54) is 25.9 Å². The fraction of sp³-hybridized carbons (Fsp3) is 0.933. The summed E-state index contributed by atoms with van der Waals surface area (Å²) < 4.78 is 0. The minimum Gasteiger partial charge on any atom is -0.344 e. The lowest BCUT2D eigenvalue weighted by Crippen LogP contribution is -2.43. The van der Waals surface area contributed by atoms with Crippen LogP contribution in [0.3, 0.4) is 0 Å². The molecule has 0 aromatic carbocycles. The van der Waals surface area contributed by atoms with Crippen LogP contribution in [0.1, 0.15) is 19.3 Å². The second-order valence-corrected chi connectivity index (χ2v) is 6.40. The monoisotopic (exact) mass is 282 g/mol. The van der Waals surface area contributed by atoms with Crippen LogP contribution >= 0.6 is 0 Å². The van der Waals surface area contributed by atoms with Gasteiger partial charge in [-0.25, -0.2) is 0 Å². The first-order valence-corrected chi connectivity index (χ1v) is 8.00. The molecule has 1 amide bonds. The smallest absolute Gasteiger partial charge is 0.236 e. The number of nitrogens with zero attached hydrogens (tertiary/aromatic N) is 3. The van der Waals surface area contributed by atoms with Crippen molar-refractivity contribution in [1.82, 2.24) is 20.0 Å². The van der Waals surface area contributed by atoms with Crippen molar-refractivity contribution in [2.75, 3.05) is 66.5 Å². The predicted molar refractivity (Wildman–Crippen MR) is 81.8 cm³/mol. The Hall–Kier alpha value is -0.650. The number of piperidine rings is 1. The fourth-order valence-corrected chi connectivity index (χ4v) is 3.11. The van der Waals surface area contributed by atoms with Gasteiger partial charge in [-0.1, -0.05) is 0 Å². The molecule has 20 heavy (non-hydrogen) atoms. The van der Waals surface area contributed by atoms with Crippen LogP contribution in [0.5, 0.6) is 0 Å². The van der Waals surface area contributed by atoms with Crippen molar-refractivity contribution in [2.45, 2.75) is 19.3 Å². The van der Waals surface area contributed by atoms with Gasteiger partial charge in [0.15, 0.2) is 0 Å². The fourth-order valence-electron chi connectivity index (χ4n) is 3.11. The molecule has 5 heteroatoms. The van der Waals surface area contributed by atoms with Gasteiger partial charge < -0.3 is 15.1 Å². The summed E-state index contributed by atoms with van der Waals surface area (Å²) in [6.07, 6.45) is 3.59. The number of amides is 1. The standard InChI is InChI=1S/C15H30N4O/c1-17-9-4-14(5-10-17)12-18(2)15(20)13-19-8-3-6-16-7-11-19/h14,16H,3-13H2,1-2H3. The largest absolute Gasteiger partial charge is 0.344 e. The number of rotatable bonds is 4. The zero-order chi connectivity index (χ0) is 14.4. The van der Waals surface area contributed by atoms with Gasteiger partial charge in [0.05, 0.1) is 6.54 Å². The first-order valence-electron chi connectivity index (χ1n) is 8.00. The van der Waals surface area contributed by atoms with Crippen LogP contribution < -0.4 is 5.32 Å². The Kier molecular flexibility index (Phi) is 6.26. The molecule has 0 saturated carbocycles. The molecule has 5 nitrogen and oxygen atoms in total. The van der Waals surface area contributed by atoms with Crippen LogP contribution in [0.2, 0.25) is 0 Å². The third-order valence-electron chi connectivity index (χ3n) is 4.59. The lowest BCUT2D eigenvalue weighted by Gasteiger charge is -2.32. The molecule has 116 valence electrons. The third-order valence-corrected chi connectivity index (χ3v) is 4.59. The summed E-state index contributed by atoms with van der Waals surface area (Å²) >= 11 is 0. The van der Waals surface area contributed by atoms with Gasteiger partial charge in [0, 0.05) is 26.7 Å². The molecule has 0 spiro atoms. The van der Waals surface area contributed by atoms with Crippen LogP contribution in [-0.2, 0) is 4.79 Å². The second kappa shape index (κ2) is 7.96. The van der Waals surface area contributed by atoms with E-state index in [2.05, 4.69) is 22.2 Å². The molecule has 2 rings (SSSR count). The minimum absolute atomic E-state index is 0.283. The normalized spacial score (nSPS) is 23.5. The molecule has 1 N–H and O–H groups in total. The molecular weight excluding hydrogens is 252 g/mol. The summed E-state index contributed by atoms with van der Waals surface area (Å²) in [5, 5.41) is 3.38. The maximum Gasteiger partial charge on any atom is 0.236 e. The molecular formula is C15H30N4O. The number of likely N-dealkylation sites (N-methyl/N-ethyl adjacent to an activating group) is 1. The Balaban J connectivity index is 1.71. The van der Waals surface area contributed by atoms with Crippen molar-refractivity contribution in [3.8, 4) is 0 Å². The quantitative estimate of drug-likeness (QED) is 0.793. The van der Waals surface area contributed by atoms with Crippen LogP contribution in [-0.4, -0.2) is 87.1 Å². The third kappa shape index (κ3) is 5.04. The molecule has 2 fully saturated rings. The molecule has 0 aromatic heterocycles. The molecule has 0 aromatic rings. The van der Waals surface area contributed by atoms with Gasteiger partial charge in [-0.15, -0.1) is 0 Å². The molecule has 2 aliphatic heterocycles. The summed E-state index contributed by atoms with van der Waals surface area (Å²) in [6, 6.07) is 0. The van der Waals surface area contributed by atoms with Gasteiger partial charge in [-0.2, -0.15) is 0 Å². The van der Waals surface area contributed by atoms with Crippen molar-refractivity contribution in [1.29, 1.82) is 0 Å². The maximum absolute atomic E-state index is 12.3. The highest BCUT2D eigenvalue weighted by molar-refractivity contribution is 5.78. The Labute approximate surface area is 123 Å². The lowest BCUT2D eigenvalue weighted by molar-refractivity contribution is -0.131. The van der Waals surface area contributed by atoms with Crippen molar-refractivity contribution >= 4 is 5.91 Å². The average Bonchev–Trinajstić information content (AvgIpc) is 2.70. The number of carbonyl (C=O) groups excluding carboxylic acids is 1. The Morgan fingerprint density at radius 2 is 1.95 bits per heavy atom. The summed E-state index contributed by atoms with van der Waals surface area (Å²) in [6.45, 7) is 7.98. The van der Waals surface area contributed by atoms with E-state index in [-0.39, 0.29) is 5.91 Å². The van der Waals surface area contributed by atoms with Crippen molar-refractivity contribution in [3.05, 3.63) is 0 Å². The molecule has 0 aliphatic carbocycles. The Bertz CT molecular complexity index is 294.